The van der Waals surface area contributed by atoms with Gasteiger partial charge in [-0.3, -0.25) is 0 Å². The highest BCUT2D eigenvalue weighted by molar-refractivity contribution is 7.16. The zero-order valence-corrected chi connectivity index (χ0v) is 9.52. The minimum Gasteiger partial charge on any atom is -0.395 e. The third-order valence-corrected chi connectivity index (χ3v) is 4.28. The molecule has 0 bridgehead atoms. The number of aliphatic hydroxyl groups excluding tert-OH is 1. The van der Waals surface area contributed by atoms with Gasteiger partial charge in [0.25, 0.3) is 0 Å². The molecule has 80 valence electrons. The number of nitrogens with two attached hydrogens (primary N) is 1. The number of anilines is 1. The summed E-state index contributed by atoms with van der Waals surface area (Å²) in [5.41, 5.74) is 7.14. The molecule has 3 nitrogen and oxygen atoms in total. The van der Waals surface area contributed by atoms with E-state index in [0.29, 0.717) is 10.6 Å². The van der Waals surface area contributed by atoms with Gasteiger partial charge in [0.1, 0.15) is 11.1 Å². The summed E-state index contributed by atoms with van der Waals surface area (Å²) in [6.45, 7) is 2.10. The number of nitriles is 1. The predicted molar refractivity (Wildman–Crippen MR) is 60.8 cm³/mol. The van der Waals surface area contributed by atoms with Crippen LogP contribution in [-0.2, 0) is 11.8 Å². The lowest BCUT2D eigenvalue weighted by Crippen LogP contribution is -2.31. The third kappa shape index (κ3) is 1.43. The van der Waals surface area contributed by atoms with E-state index in [4.69, 9.17) is 11.0 Å². The van der Waals surface area contributed by atoms with Crippen LogP contribution in [0.15, 0.2) is 0 Å². The molecule has 15 heavy (non-hydrogen) atoms. The number of fused-ring (bicyclic) bond motifs is 1. The van der Waals surface area contributed by atoms with Crippen molar-refractivity contribution in [3.63, 3.8) is 0 Å². The van der Waals surface area contributed by atoms with Crippen LogP contribution < -0.4 is 5.73 Å². The number of nitrogens with zero attached hydrogens (tertiary/aromatic N) is 1. The van der Waals surface area contributed by atoms with Crippen LogP contribution in [0.4, 0.5) is 5.00 Å². The second-order valence-electron chi connectivity index (χ2n) is 4.32. The highest BCUT2D eigenvalue weighted by Crippen LogP contribution is 2.45. The molecule has 0 fully saturated rings. The van der Waals surface area contributed by atoms with Crippen LogP contribution in [0, 0.1) is 11.3 Å². The number of rotatable bonds is 1. The van der Waals surface area contributed by atoms with Gasteiger partial charge in [0.15, 0.2) is 0 Å². The molecule has 0 saturated carbocycles. The summed E-state index contributed by atoms with van der Waals surface area (Å²) in [6.07, 6.45) is 2.98. The first kappa shape index (κ1) is 10.5. The topological polar surface area (TPSA) is 70.0 Å². The van der Waals surface area contributed by atoms with Crippen molar-refractivity contribution in [2.24, 2.45) is 0 Å². The van der Waals surface area contributed by atoms with Gasteiger partial charge >= 0.3 is 0 Å². The standard InChI is InChI=1S/C11H14N2OS/c1-11(6-14)4-2-3-8-9(11)7(5-12)10(13)15-8/h14H,2-4,6,13H2,1H3. The maximum atomic E-state index is 9.48. The van der Waals surface area contributed by atoms with Gasteiger partial charge in [-0.1, -0.05) is 6.92 Å². The Morgan fingerprint density at radius 1 is 1.67 bits per heavy atom. The molecule has 1 heterocycles. The molecule has 0 aromatic carbocycles. The van der Waals surface area contributed by atoms with Gasteiger partial charge in [0.2, 0.25) is 0 Å². The van der Waals surface area contributed by atoms with E-state index >= 15 is 0 Å². The van der Waals surface area contributed by atoms with E-state index in [-0.39, 0.29) is 12.0 Å². The summed E-state index contributed by atoms with van der Waals surface area (Å²) in [4.78, 5) is 1.19. The average Bonchev–Trinajstić information content (AvgIpc) is 2.55. The van der Waals surface area contributed by atoms with E-state index in [1.807, 2.05) is 6.92 Å². The van der Waals surface area contributed by atoms with Gasteiger partial charge in [-0.2, -0.15) is 5.26 Å². The largest absolute Gasteiger partial charge is 0.395 e. The molecule has 1 aromatic rings. The minimum atomic E-state index is -0.271. The van der Waals surface area contributed by atoms with Crippen LogP contribution in [0.3, 0.4) is 0 Å². The van der Waals surface area contributed by atoms with E-state index in [1.165, 1.54) is 16.2 Å². The molecular weight excluding hydrogens is 208 g/mol. The SMILES string of the molecule is CC1(CO)CCCc2sc(N)c(C#N)c21. The van der Waals surface area contributed by atoms with Crippen molar-refractivity contribution in [2.45, 2.75) is 31.6 Å². The van der Waals surface area contributed by atoms with Crippen molar-refractivity contribution in [1.29, 1.82) is 5.26 Å². The monoisotopic (exact) mass is 222 g/mol. The van der Waals surface area contributed by atoms with Crippen LogP contribution in [0.2, 0.25) is 0 Å². The van der Waals surface area contributed by atoms with Gasteiger partial charge < -0.3 is 10.8 Å². The first-order chi connectivity index (χ1) is 7.12. The van der Waals surface area contributed by atoms with Crippen LogP contribution in [0.1, 0.15) is 35.8 Å². The van der Waals surface area contributed by atoms with E-state index in [9.17, 15) is 5.11 Å². The van der Waals surface area contributed by atoms with E-state index < -0.39 is 0 Å². The maximum Gasteiger partial charge on any atom is 0.104 e. The highest BCUT2D eigenvalue weighted by atomic mass is 32.1. The smallest absolute Gasteiger partial charge is 0.104 e. The number of nitrogen functional groups attached to an aromatic ring is 1. The molecule has 1 atom stereocenters. The van der Waals surface area contributed by atoms with Crippen molar-refractivity contribution in [1.82, 2.24) is 0 Å². The number of aryl methyl sites for hydroxylation is 1. The van der Waals surface area contributed by atoms with Gasteiger partial charge in [0.05, 0.1) is 12.2 Å². The summed E-state index contributed by atoms with van der Waals surface area (Å²) < 4.78 is 0. The second-order valence-corrected chi connectivity index (χ2v) is 5.46. The zero-order chi connectivity index (χ0) is 11.1. The molecule has 1 unspecified atom stereocenters. The first-order valence-electron chi connectivity index (χ1n) is 5.05. The molecule has 1 aliphatic rings. The molecule has 0 aliphatic heterocycles. The quantitative estimate of drug-likeness (QED) is 0.761. The van der Waals surface area contributed by atoms with Crippen molar-refractivity contribution in [2.75, 3.05) is 12.3 Å². The van der Waals surface area contributed by atoms with Crippen LogP contribution in [0.25, 0.3) is 0 Å². The molecule has 0 amide bonds. The van der Waals surface area contributed by atoms with Crippen molar-refractivity contribution >= 4 is 16.3 Å². The normalized spacial score (nSPS) is 24.6. The average molecular weight is 222 g/mol. The van der Waals surface area contributed by atoms with Crippen molar-refractivity contribution < 1.29 is 5.11 Å². The first-order valence-corrected chi connectivity index (χ1v) is 5.86. The Morgan fingerprint density at radius 3 is 3.00 bits per heavy atom. The Balaban J connectivity index is 2.65. The molecule has 0 spiro atoms. The van der Waals surface area contributed by atoms with Crippen LogP contribution >= 0.6 is 11.3 Å². The van der Waals surface area contributed by atoms with Gasteiger partial charge in [-0.15, -0.1) is 11.3 Å². The number of hydrogen-bond donors (Lipinski definition) is 2. The van der Waals surface area contributed by atoms with Gasteiger partial charge in [0, 0.05) is 10.3 Å². The molecule has 1 aromatic heterocycles. The Morgan fingerprint density at radius 2 is 2.40 bits per heavy atom. The number of aliphatic hydroxyl groups is 1. The lowest BCUT2D eigenvalue weighted by Gasteiger charge is -2.32. The maximum absolute atomic E-state index is 9.48. The fourth-order valence-electron chi connectivity index (χ4n) is 2.35. The summed E-state index contributed by atoms with van der Waals surface area (Å²) in [5.74, 6) is 0. The molecule has 0 radical (unpaired) electrons. The molecule has 2 rings (SSSR count). The summed E-state index contributed by atoms with van der Waals surface area (Å²) in [6, 6.07) is 2.17. The summed E-state index contributed by atoms with van der Waals surface area (Å²) in [5, 5.41) is 19.2. The number of thiophene rings is 1. The lowest BCUT2D eigenvalue weighted by molar-refractivity contribution is 0.189. The Hall–Kier alpha value is -1.05. The van der Waals surface area contributed by atoms with Crippen LogP contribution in [-0.4, -0.2) is 11.7 Å². The Bertz CT molecular complexity index is 433. The highest BCUT2D eigenvalue weighted by Gasteiger charge is 2.36. The van der Waals surface area contributed by atoms with Crippen molar-refractivity contribution in [3.8, 4) is 6.07 Å². The van der Waals surface area contributed by atoms with Gasteiger partial charge in [-0.05, 0) is 24.8 Å². The Kier molecular flexibility index (Phi) is 2.45. The zero-order valence-electron chi connectivity index (χ0n) is 8.71. The Labute approximate surface area is 93.1 Å². The summed E-state index contributed by atoms with van der Waals surface area (Å²) >= 11 is 1.50. The molecular formula is C11H14N2OS. The molecule has 0 saturated heterocycles. The third-order valence-electron chi connectivity index (χ3n) is 3.21. The fourth-order valence-corrected chi connectivity index (χ4v) is 3.56. The molecule has 1 aliphatic carbocycles. The van der Waals surface area contributed by atoms with Crippen LogP contribution in [0.5, 0.6) is 0 Å². The van der Waals surface area contributed by atoms with Gasteiger partial charge in [-0.25, -0.2) is 0 Å². The molecule has 4 heteroatoms. The predicted octanol–water partition coefficient (Wildman–Crippen LogP) is 1.79. The second kappa shape index (κ2) is 3.51. The van der Waals surface area contributed by atoms with E-state index in [0.717, 1.165) is 24.8 Å². The van der Waals surface area contributed by atoms with Crippen molar-refractivity contribution in [3.05, 3.63) is 16.0 Å². The number of hydrogen-bond acceptors (Lipinski definition) is 4. The lowest BCUT2D eigenvalue weighted by atomic mass is 9.73. The fraction of sp³-hybridized carbons (Fsp3) is 0.545. The molecule has 3 N–H and O–H groups in total. The van der Waals surface area contributed by atoms with E-state index in [1.54, 1.807) is 0 Å². The summed E-state index contributed by atoms with van der Waals surface area (Å²) in [7, 11) is 0. The minimum absolute atomic E-state index is 0.0881. The van der Waals surface area contributed by atoms with E-state index in [2.05, 4.69) is 6.07 Å².